The van der Waals surface area contributed by atoms with Crippen LogP contribution >= 0.6 is 0 Å². The Morgan fingerprint density at radius 3 is 2.68 bits per heavy atom. The molecule has 150 valence electrons. The molecule has 2 aromatic rings. The van der Waals surface area contributed by atoms with Gasteiger partial charge in [0.25, 0.3) is 5.56 Å². The molecule has 0 saturated heterocycles. The third-order valence-electron chi connectivity index (χ3n) is 5.35. The molecule has 0 bridgehead atoms. The molecule has 0 aliphatic heterocycles. The number of H-pyrrole nitrogens is 1. The highest BCUT2D eigenvalue weighted by Crippen LogP contribution is 2.23. The Balaban J connectivity index is 1.65. The largest absolute Gasteiger partial charge is 0.356 e. The number of amides is 1. The smallest absolute Gasteiger partial charge is 0.254 e. The normalized spacial score (nSPS) is 16.5. The maximum atomic E-state index is 13.1. The zero-order valence-electron chi connectivity index (χ0n) is 16.6. The van der Waals surface area contributed by atoms with Crippen LogP contribution in [0.5, 0.6) is 0 Å². The highest BCUT2D eigenvalue weighted by molar-refractivity contribution is 5.75. The van der Waals surface area contributed by atoms with Gasteiger partial charge in [0.2, 0.25) is 5.91 Å². The molecule has 1 unspecified atom stereocenters. The van der Waals surface area contributed by atoms with E-state index in [2.05, 4.69) is 29.1 Å². The molecule has 1 amide bonds. The lowest BCUT2D eigenvalue weighted by molar-refractivity contribution is -0.121. The van der Waals surface area contributed by atoms with E-state index >= 15 is 0 Å². The van der Waals surface area contributed by atoms with Gasteiger partial charge in [0, 0.05) is 24.1 Å². The first-order valence-electron chi connectivity index (χ1n) is 10.1. The van der Waals surface area contributed by atoms with Crippen LogP contribution in [-0.4, -0.2) is 22.4 Å². The van der Waals surface area contributed by atoms with Gasteiger partial charge < -0.3 is 10.3 Å². The predicted molar refractivity (Wildman–Crippen MR) is 107 cm³/mol. The predicted octanol–water partition coefficient (Wildman–Crippen LogP) is 3.62. The molecule has 2 N–H and O–H groups in total. The first-order valence-corrected chi connectivity index (χ1v) is 10.1. The summed E-state index contributed by atoms with van der Waals surface area (Å²) in [7, 11) is 0. The second-order valence-corrected chi connectivity index (χ2v) is 8.03. The Morgan fingerprint density at radius 1 is 1.25 bits per heavy atom. The number of halogens is 1. The van der Waals surface area contributed by atoms with Gasteiger partial charge in [-0.15, -0.1) is 0 Å². The maximum absolute atomic E-state index is 13.1. The number of nitrogens with zero attached hydrogens (tertiary/aromatic N) is 1. The minimum absolute atomic E-state index is 0.102. The number of hydrogen-bond donors (Lipinski definition) is 2. The Labute approximate surface area is 164 Å². The molecular weight excluding hydrogens is 357 g/mol. The summed E-state index contributed by atoms with van der Waals surface area (Å²) in [6, 6.07) is 5.95. The number of benzene rings is 1. The zero-order chi connectivity index (χ0) is 20.1. The van der Waals surface area contributed by atoms with E-state index in [0.717, 1.165) is 30.5 Å². The molecule has 6 heteroatoms. The van der Waals surface area contributed by atoms with E-state index in [1.807, 2.05) is 0 Å². The van der Waals surface area contributed by atoms with Crippen molar-refractivity contribution in [2.45, 2.75) is 52.4 Å². The molecule has 0 spiro atoms. The molecule has 0 fully saturated rings. The lowest BCUT2D eigenvalue weighted by Gasteiger charge is -2.15. The van der Waals surface area contributed by atoms with Gasteiger partial charge in [-0.2, -0.15) is 0 Å². The summed E-state index contributed by atoms with van der Waals surface area (Å²) < 4.78 is 13.1. The van der Waals surface area contributed by atoms with E-state index in [-0.39, 0.29) is 17.3 Å². The average molecular weight is 385 g/mol. The van der Waals surface area contributed by atoms with E-state index in [9.17, 15) is 14.0 Å². The van der Waals surface area contributed by atoms with E-state index < -0.39 is 0 Å². The van der Waals surface area contributed by atoms with Crippen LogP contribution in [0.2, 0.25) is 0 Å². The second kappa shape index (κ2) is 9.13. The fraction of sp³-hybridized carbons (Fsp3) is 0.500. The fourth-order valence-corrected chi connectivity index (χ4v) is 3.56. The van der Waals surface area contributed by atoms with Crippen LogP contribution in [0, 0.1) is 17.7 Å². The van der Waals surface area contributed by atoms with Gasteiger partial charge in [-0.1, -0.05) is 13.8 Å². The van der Waals surface area contributed by atoms with Gasteiger partial charge >= 0.3 is 0 Å². The second-order valence-electron chi connectivity index (χ2n) is 8.03. The number of carbonyl (C=O) groups is 1. The summed E-state index contributed by atoms with van der Waals surface area (Å²) in [5.74, 6) is 1.12. The van der Waals surface area contributed by atoms with Gasteiger partial charge in [0.15, 0.2) is 0 Å². The number of fused-ring (bicyclic) bond motifs is 1. The standard InChI is InChI=1S/C22H28FN3O2/c1-14(2)3-12-20(27)24-13-15-4-10-18-19(11-5-15)25-21(26-22(18)28)16-6-8-17(23)9-7-16/h6-9,14-15H,3-5,10-13H2,1-2H3,(H,24,27)(H,25,26,28). The van der Waals surface area contributed by atoms with Crippen molar-refractivity contribution in [1.82, 2.24) is 15.3 Å². The zero-order valence-corrected chi connectivity index (χ0v) is 16.6. The number of aromatic nitrogens is 2. The minimum Gasteiger partial charge on any atom is -0.356 e. The Morgan fingerprint density at radius 2 is 1.96 bits per heavy atom. The molecule has 1 heterocycles. The van der Waals surface area contributed by atoms with Gasteiger partial charge in [0.05, 0.1) is 5.69 Å². The minimum atomic E-state index is -0.320. The third-order valence-corrected chi connectivity index (χ3v) is 5.35. The molecule has 28 heavy (non-hydrogen) atoms. The molecule has 1 atom stereocenters. The molecule has 0 radical (unpaired) electrons. The van der Waals surface area contributed by atoms with Crippen LogP contribution in [-0.2, 0) is 17.6 Å². The Bertz CT molecular complexity index is 874. The first-order chi connectivity index (χ1) is 13.4. The quantitative estimate of drug-likeness (QED) is 0.746. The summed E-state index contributed by atoms with van der Waals surface area (Å²) in [6.07, 6.45) is 4.57. The topological polar surface area (TPSA) is 74.8 Å². The highest BCUT2D eigenvalue weighted by Gasteiger charge is 2.21. The fourth-order valence-electron chi connectivity index (χ4n) is 3.56. The monoisotopic (exact) mass is 385 g/mol. The average Bonchev–Trinajstić information content (AvgIpc) is 2.88. The SMILES string of the molecule is CC(C)CCC(=O)NCC1CCc2nc(-c3ccc(F)cc3)[nH]c(=O)c2CC1. The van der Waals surface area contributed by atoms with Crippen molar-refractivity contribution in [3.63, 3.8) is 0 Å². The van der Waals surface area contributed by atoms with Crippen molar-refractivity contribution in [1.29, 1.82) is 0 Å². The van der Waals surface area contributed by atoms with Crippen molar-refractivity contribution >= 4 is 5.91 Å². The van der Waals surface area contributed by atoms with Crippen LogP contribution < -0.4 is 10.9 Å². The summed E-state index contributed by atoms with van der Waals surface area (Å²) >= 11 is 0. The molecule has 1 aliphatic carbocycles. The lowest BCUT2D eigenvalue weighted by atomic mass is 9.99. The van der Waals surface area contributed by atoms with Crippen molar-refractivity contribution < 1.29 is 9.18 Å². The first kappa shape index (κ1) is 20.2. The van der Waals surface area contributed by atoms with E-state index in [0.29, 0.717) is 49.0 Å². The molecule has 5 nitrogen and oxygen atoms in total. The number of rotatable bonds is 6. The Kier molecular flexibility index (Phi) is 6.60. The number of nitrogens with one attached hydrogen (secondary N) is 2. The van der Waals surface area contributed by atoms with Crippen molar-refractivity contribution in [2.75, 3.05) is 6.54 Å². The molecule has 1 aromatic carbocycles. The van der Waals surface area contributed by atoms with Crippen LogP contribution in [0.4, 0.5) is 4.39 Å². The van der Waals surface area contributed by atoms with E-state index in [1.165, 1.54) is 12.1 Å². The number of hydrogen-bond acceptors (Lipinski definition) is 3. The third kappa shape index (κ3) is 5.27. The van der Waals surface area contributed by atoms with Crippen LogP contribution in [0.25, 0.3) is 11.4 Å². The summed E-state index contributed by atoms with van der Waals surface area (Å²) in [6.45, 7) is 4.87. The summed E-state index contributed by atoms with van der Waals surface area (Å²) in [5, 5.41) is 3.04. The van der Waals surface area contributed by atoms with Crippen molar-refractivity contribution in [3.05, 3.63) is 51.7 Å². The molecule has 0 saturated carbocycles. The molecule has 1 aromatic heterocycles. The number of aryl methyl sites for hydroxylation is 1. The van der Waals surface area contributed by atoms with Gasteiger partial charge in [-0.3, -0.25) is 9.59 Å². The highest BCUT2D eigenvalue weighted by atomic mass is 19.1. The van der Waals surface area contributed by atoms with Gasteiger partial charge in [0.1, 0.15) is 11.6 Å². The van der Waals surface area contributed by atoms with Crippen LogP contribution in [0.3, 0.4) is 0 Å². The molecule has 3 rings (SSSR count). The summed E-state index contributed by atoms with van der Waals surface area (Å²) in [5.41, 5.74) is 2.13. The molecular formula is C22H28FN3O2. The van der Waals surface area contributed by atoms with Gasteiger partial charge in [-0.25, -0.2) is 9.37 Å². The number of carbonyl (C=O) groups excluding carboxylic acids is 1. The van der Waals surface area contributed by atoms with Gasteiger partial charge in [-0.05, 0) is 68.2 Å². The number of aromatic amines is 1. The van der Waals surface area contributed by atoms with E-state index in [4.69, 9.17) is 0 Å². The van der Waals surface area contributed by atoms with E-state index in [1.54, 1.807) is 12.1 Å². The maximum Gasteiger partial charge on any atom is 0.254 e. The Hall–Kier alpha value is -2.50. The molecule has 1 aliphatic rings. The van der Waals surface area contributed by atoms with Crippen molar-refractivity contribution in [3.8, 4) is 11.4 Å². The summed E-state index contributed by atoms with van der Waals surface area (Å²) in [4.78, 5) is 32.0. The lowest BCUT2D eigenvalue weighted by Crippen LogP contribution is -2.29. The van der Waals surface area contributed by atoms with Crippen molar-refractivity contribution in [2.24, 2.45) is 11.8 Å². The van der Waals surface area contributed by atoms with Crippen LogP contribution in [0.15, 0.2) is 29.1 Å². The van der Waals surface area contributed by atoms with Crippen LogP contribution in [0.1, 0.15) is 50.8 Å².